The van der Waals surface area contributed by atoms with E-state index in [1.807, 2.05) is 44.2 Å². The monoisotopic (exact) mass is 699 g/mol. The zero-order valence-corrected chi connectivity index (χ0v) is 28.2. The van der Waals surface area contributed by atoms with Gasteiger partial charge in [0.15, 0.2) is 0 Å². The standard InChI is InChI=1S/C36H37ClF3N3O4S/c1-3-4-21-41-35(45)33(22-27-11-7-5-8-12-27)42(24-28-17-15-26(2)16-18-28)34(44)25-43(48(46,47)30-13-9-6-10-14-30)29-19-20-32(37)31(23-29)36(38,39)40/h5-20,23,33H,3-4,21-22,24-25H2,1-2H3,(H,41,45)/t33-/m1/s1. The highest BCUT2D eigenvalue weighted by molar-refractivity contribution is 7.92. The summed E-state index contributed by atoms with van der Waals surface area (Å²) in [5.74, 6) is -1.22. The smallest absolute Gasteiger partial charge is 0.354 e. The fraction of sp³-hybridized carbons (Fsp3) is 0.278. The number of halogens is 4. The third kappa shape index (κ3) is 9.38. The highest BCUT2D eigenvalue weighted by atomic mass is 35.5. The van der Waals surface area contributed by atoms with Crippen LogP contribution in [0.4, 0.5) is 18.9 Å². The number of alkyl halides is 3. The zero-order valence-electron chi connectivity index (χ0n) is 26.6. The van der Waals surface area contributed by atoms with Crippen molar-refractivity contribution in [1.29, 1.82) is 0 Å². The minimum atomic E-state index is -4.89. The summed E-state index contributed by atoms with van der Waals surface area (Å²) < 4.78 is 70.5. The predicted octanol–water partition coefficient (Wildman–Crippen LogP) is 7.42. The lowest BCUT2D eigenvalue weighted by molar-refractivity contribution is -0.140. The first kappa shape index (κ1) is 36.5. The molecule has 0 unspecified atom stereocenters. The van der Waals surface area contributed by atoms with Gasteiger partial charge in [0.2, 0.25) is 11.8 Å². The van der Waals surface area contributed by atoms with E-state index in [4.69, 9.17) is 11.6 Å². The van der Waals surface area contributed by atoms with Crippen LogP contribution in [0.15, 0.2) is 108 Å². The van der Waals surface area contributed by atoms with Crippen molar-refractivity contribution in [2.75, 3.05) is 17.4 Å². The summed E-state index contributed by atoms with van der Waals surface area (Å²) in [6.45, 7) is 3.29. The van der Waals surface area contributed by atoms with E-state index >= 15 is 0 Å². The summed E-state index contributed by atoms with van der Waals surface area (Å²) in [6, 6.07) is 25.1. The molecule has 4 rings (SSSR count). The number of carbonyl (C=O) groups excluding carboxylic acids is 2. The molecule has 7 nitrogen and oxygen atoms in total. The summed E-state index contributed by atoms with van der Waals surface area (Å²) >= 11 is 5.87. The Hall–Kier alpha value is -4.35. The number of sulfonamides is 1. The van der Waals surface area contributed by atoms with Crippen LogP contribution in [-0.2, 0) is 38.8 Å². The van der Waals surface area contributed by atoms with E-state index in [9.17, 15) is 31.2 Å². The Balaban J connectivity index is 1.84. The van der Waals surface area contributed by atoms with Crippen LogP contribution in [0.2, 0.25) is 5.02 Å². The Labute approximate surface area is 284 Å². The van der Waals surface area contributed by atoms with E-state index in [2.05, 4.69) is 5.32 Å². The summed E-state index contributed by atoms with van der Waals surface area (Å²) in [5, 5.41) is 2.28. The Kier molecular flexibility index (Phi) is 12.3. The van der Waals surface area contributed by atoms with Crippen molar-refractivity contribution < 1.29 is 31.2 Å². The maximum Gasteiger partial charge on any atom is 0.417 e. The van der Waals surface area contributed by atoms with Crippen molar-refractivity contribution in [2.24, 2.45) is 0 Å². The lowest BCUT2D eigenvalue weighted by atomic mass is 10.0. The Bertz CT molecular complexity index is 1790. The summed E-state index contributed by atoms with van der Waals surface area (Å²) in [5.41, 5.74) is 0.744. The van der Waals surface area contributed by atoms with Crippen LogP contribution in [0.25, 0.3) is 0 Å². The number of rotatable bonds is 14. The van der Waals surface area contributed by atoms with Crippen molar-refractivity contribution in [2.45, 2.75) is 56.8 Å². The average Bonchev–Trinajstić information content (AvgIpc) is 3.06. The molecule has 0 bridgehead atoms. The average molecular weight is 700 g/mol. The second-order valence-corrected chi connectivity index (χ2v) is 13.6. The topological polar surface area (TPSA) is 86.8 Å². The quantitative estimate of drug-likeness (QED) is 0.139. The van der Waals surface area contributed by atoms with E-state index in [1.54, 1.807) is 30.3 Å². The molecule has 0 aliphatic heterocycles. The molecule has 0 aromatic heterocycles. The van der Waals surface area contributed by atoms with Crippen molar-refractivity contribution in [3.8, 4) is 0 Å². The van der Waals surface area contributed by atoms with Gasteiger partial charge < -0.3 is 10.2 Å². The van der Waals surface area contributed by atoms with Crippen molar-refractivity contribution in [1.82, 2.24) is 10.2 Å². The van der Waals surface area contributed by atoms with Crippen LogP contribution in [0.1, 0.15) is 42.0 Å². The molecule has 4 aromatic carbocycles. The number of hydrogen-bond donors (Lipinski definition) is 1. The van der Waals surface area contributed by atoms with Gasteiger partial charge in [-0.2, -0.15) is 13.2 Å². The molecule has 12 heteroatoms. The maximum atomic E-state index is 14.5. The Morgan fingerprint density at radius 3 is 2.10 bits per heavy atom. The van der Waals surface area contributed by atoms with Gasteiger partial charge in [-0.15, -0.1) is 0 Å². The highest BCUT2D eigenvalue weighted by Gasteiger charge is 2.37. The predicted molar refractivity (Wildman–Crippen MR) is 181 cm³/mol. The third-order valence-electron chi connectivity index (χ3n) is 7.73. The molecule has 0 fully saturated rings. The molecule has 2 amide bonds. The molecule has 0 aliphatic carbocycles. The number of anilines is 1. The van der Waals surface area contributed by atoms with Gasteiger partial charge in [-0.1, -0.05) is 103 Å². The molecule has 0 aliphatic rings. The van der Waals surface area contributed by atoms with Crippen molar-refractivity contribution in [3.63, 3.8) is 0 Å². The largest absolute Gasteiger partial charge is 0.417 e. The highest BCUT2D eigenvalue weighted by Crippen LogP contribution is 2.38. The van der Waals surface area contributed by atoms with Gasteiger partial charge in [-0.25, -0.2) is 8.42 Å². The summed E-state index contributed by atoms with van der Waals surface area (Å²) in [6.07, 6.45) is -3.25. The molecule has 1 atom stereocenters. The molecular weight excluding hydrogens is 663 g/mol. The molecule has 0 heterocycles. The molecule has 4 aromatic rings. The van der Waals surface area contributed by atoms with Crippen LogP contribution >= 0.6 is 11.6 Å². The van der Waals surface area contributed by atoms with E-state index in [0.29, 0.717) is 28.9 Å². The van der Waals surface area contributed by atoms with Gasteiger partial charge in [0.1, 0.15) is 12.6 Å². The van der Waals surface area contributed by atoms with E-state index in [1.165, 1.54) is 29.2 Å². The molecule has 0 saturated heterocycles. The first-order valence-electron chi connectivity index (χ1n) is 15.4. The number of benzene rings is 4. The number of aryl methyl sites for hydroxylation is 1. The summed E-state index contributed by atoms with van der Waals surface area (Å²) in [4.78, 5) is 29.4. The molecule has 0 spiro atoms. The molecule has 0 radical (unpaired) electrons. The van der Waals surface area contributed by atoms with Gasteiger partial charge in [0, 0.05) is 19.5 Å². The van der Waals surface area contributed by atoms with E-state index in [-0.39, 0.29) is 17.9 Å². The number of carbonyl (C=O) groups is 2. The first-order valence-corrected chi connectivity index (χ1v) is 17.2. The lowest BCUT2D eigenvalue weighted by Crippen LogP contribution is -2.53. The first-order chi connectivity index (χ1) is 22.8. The number of nitrogens with one attached hydrogen (secondary N) is 1. The Morgan fingerprint density at radius 1 is 0.875 bits per heavy atom. The molecule has 1 N–H and O–H groups in total. The van der Waals surface area contributed by atoms with E-state index < -0.39 is 56.9 Å². The van der Waals surface area contributed by atoms with Gasteiger partial charge in [0.25, 0.3) is 10.0 Å². The molecule has 48 heavy (non-hydrogen) atoms. The zero-order chi connectivity index (χ0) is 34.9. The van der Waals surface area contributed by atoms with Gasteiger partial charge in [-0.3, -0.25) is 13.9 Å². The number of hydrogen-bond acceptors (Lipinski definition) is 4. The molecular formula is C36H37ClF3N3O4S. The van der Waals surface area contributed by atoms with Crippen molar-refractivity contribution >= 4 is 39.1 Å². The second kappa shape index (κ2) is 16.2. The van der Waals surface area contributed by atoms with Gasteiger partial charge in [0.05, 0.1) is 21.2 Å². The second-order valence-electron chi connectivity index (χ2n) is 11.3. The SMILES string of the molecule is CCCCNC(=O)[C@@H](Cc1ccccc1)N(Cc1ccc(C)cc1)C(=O)CN(c1ccc(Cl)c(C(F)(F)F)c1)S(=O)(=O)c1ccccc1. The number of nitrogens with zero attached hydrogens (tertiary/aromatic N) is 2. The number of amides is 2. The maximum absolute atomic E-state index is 14.5. The minimum absolute atomic E-state index is 0.0640. The van der Waals surface area contributed by atoms with Crippen LogP contribution in [0, 0.1) is 6.92 Å². The van der Waals surface area contributed by atoms with Crippen LogP contribution < -0.4 is 9.62 Å². The molecule has 0 saturated carbocycles. The van der Waals surface area contributed by atoms with Gasteiger partial charge in [-0.05, 0) is 54.8 Å². The number of unbranched alkanes of at least 4 members (excludes halogenated alkanes) is 1. The fourth-order valence-electron chi connectivity index (χ4n) is 5.08. The fourth-order valence-corrected chi connectivity index (χ4v) is 6.74. The normalized spacial score (nSPS) is 12.3. The van der Waals surface area contributed by atoms with Gasteiger partial charge >= 0.3 is 6.18 Å². The van der Waals surface area contributed by atoms with Crippen molar-refractivity contribution in [3.05, 3.63) is 130 Å². The van der Waals surface area contributed by atoms with Crippen LogP contribution in [-0.4, -0.2) is 44.3 Å². The van der Waals surface area contributed by atoms with Crippen LogP contribution in [0.3, 0.4) is 0 Å². The Morgan fingerprint density at radius 2 is 1.50 bits per heavy atom. The minimum Gasteiger partial charge on any atom is -0.354 e. The third-order valence-corrected chi connectivity index (χ3v) is 9.85. The molecule has 254 valence electrons. The van der Waals surface area contributed by atoms with Crippen LogP contribution in [0.5, 0.6) is 0 Å². The lowest BCUT2D eigenvalue weighted by Gasteiger charge is -2.34. The summed E-state index contributed by atoms with van der Waals surface area (Å²) in [7, 11) is -4.58. The van der Waals surface area contributed by atoms with E-state index in [0.717, 1.165) is 29.7 Å².